The Morgan fingerprint density at radius 1 is 0.783 bits per heavy atom. The second-order valence-corrected chi connectivity index (χ2v) is 22.8. The summed E-state index contributed by atoms with van der Waals surface area (Å²) in [7, 11) is 0. The number of hydrogen-bond donors (Lipinski definition) is 7. The number of carbonyl (C=O) groups excluding carboxylic acids is 6. The number of aromatic nitrogens is 2. The van der Waals surface area contributed by atoms with Gasteiger partial charge in [-0.25, -0.2) is 14.8 Å². The number of phenolic OH excluding ortho intramolecular Hbond substituents is 1. The minimum Gasteiger partial charge on any atom is -0.508 e. The molecule has 3 unspecified atom stereocenters. The molecule has 4 aliphatic heterocycles. The Hall–Kier alpha value is -6.83. The monoisotopic (exact) mass is 1180 g/mol. The van der Waals surface area contributed by atoms with E-state index in [4.69, 9.17) is 33.7 Å². The number of anilines is 2. The predicted molar refractivity (Wildman–Crippen MR) is 320 cm³/mol. The van der Waals surface area contributed by atoms with Crippen molar-refractivity contribution in [3.63, 3.8) is 0 Å². The lowest BCUT2D eigenvalue weighted by molar-refractivity contribution is -0.123. The van der Waals surface area contributed by atoms with Gasteiger partial charge in [0.2, 0.25) is 23.6 Å². The summed E-state index contributed by atoms with van der Waals surface area (Å²) < 4.78 is 29.4. The van der Waals surface area contributed by atoms with Crippen LogP contribution in [0.4, 0.5) is 16.3 Å². The molecule has 0 aliphatic carbocycles. The van der Waals surface area contributed by atoms with Crippen molar-refractivity contribution in [2.24, 2.45) is 0 Å². The number of morpholine rings is 1. The zero-order valence-electron chi connectivity index (χ0n) is 47.1. The summed E-state index contributed by atoms with van der Waals surface area (Å²) >= 11 is 3.53. The summed E-state index contributed by atoms with van der Waals surface area (Å²) in [4.78, 5) is 89.8. The summed E-state index contributed by atoms with van der Waals surface area (Å²) in [6, 6.07) is 14.3. The van der Waals surface area contributed by atoms with E-state index in [9.17, 15) is 33.9 Å². The number of unbranched alkanes of at least 4 members (excludes halogenated alkanes) is 1. The molecule has 7 N–H and O–H groups in total. The van der Waals surface area contributed by atoms with Crippen molar-refractivity contribution in [2.75, 3.05) is 121 Å². The third-order valence-electron chi connectivity index (χ3n) is 14.4. The molecule has 448 valence electrons. The van der Waals surface area contributed by atoms with Gasteiger partial charge in [-0.05, 0) is 93.0 Å². The van der Waals surface area contributed by atoms with Crippen LogP contribution in [0.1, 0.15) is 85.9 Å². The van der Waals surface area contributed by atoms with Crippen LogP contribution in [0.2, 0.25) is 0 Å². The molecule has 83 heavy (non-hydrogen) atoms. The molecule has 3 atom stereocenters. The average molecular weight is 1180 g/mol. The Morgan fingerprint density at radius 3 is 2.14 bits per heavy atom. The molecule has 2 aromatic carbocycles. The highest BCUT2D eigenvalue weighted by atomic mass is 32.2. The first-order chi connectivity index (χ1) is 40.5. The maximum absolute atomic E-state index is 13.9. The maximum atomic E-state index is 13.9. The van der Waals surface area contributed by atoms with E-state index in [1.165, 1.54) is 0 Å². The zero-order chi connectivity index (χ0) is 58.2. The van der Waals surface area contributed by atoms with Crippen LogP contribution in [0.3, 0.4) is 0 Å². The molecule has 3 fully saturated rings. The van der Waals surface area contributed by atoms with E-state index in [2.05, 4.69) is 55.5 Å². The third kappa shape index (κ3) is 19.4. The molecule has 0 spiro atoms. The molecular weight excluding hydrogens is 1100 g/mol. The summed E-state index contributed by atoms with van der Waals surface area (Å²) in [5, 5.41) is 28.0. The predicted octanol–water partition coefficient (Wildman–Crippen LogP) is 5.80. The molecule has 0 radical (unpaired) electrons. The number of nitrogens with zero attached hydrogens (tertiary/aromatic N) is 4. The molecule has 22 nitrogen and oxygen atoms in total. The minimum atomic E-state index is -0.432. The fraction of sp³-hybridized carbons (Fsp3) is 0.525. The van der Waals surface area contributed by atoms with Gasteiger partial charge in [0.25, 0.3) is 5.91 Å². The quantitative estimate of drug-likeness (QED) is 0.0165. The Kier molecular flexibility index (Phi) is 24.6. The molecule has 6 heterocycles. The Morgan fingerprint density at radius 2 is 1.47 bits per heavy atom. The van der Waals surface area contributed by atoms with Crippen molar-refractivity contribution in [3.05, 3.63) is 77.7 Å². The van der Waals surface area contributed by atoms with Crippen molar-refractivity contribution in [3.8, 4) is 22.9 Å². The SMILES string of the molecule is C=CC(=O)Nc1ccc(C(=O)N2CC=C(c3cc4nc(-c5cccc(O)c5)nc(N5CCOCC5)c4s3)CC2)cc1OCCCNC(=O)CCCC(=O)NCCCOCCOCCOCCCNC(=O)CCCCC1SCC2NC(=O)NC21. The van der Waals surface area contributed by atoms with Crippen molar-refractivity contribution < 1.29 is 57.6 Å². The highest BCUT2D eigenvalue weighted by Gasteiger charge is 2.42. The zero-order valence-corrected chi connectivity index (χ0v) is 48.7. The molecule has 4 aliphatic rings. The molecule has 7 amide bonds. The van der Waals surface area contributed by atoms with Crippen LogP contribution < -0.4 is 41.5 Å². The molecule has 2 aromatic heterocycles. The highest BCUT2D eigenvalue weighted by Crippen LogP contribution is 2.39. The number of carbonyl (C=O) groups is 6. The number of phenols is 1. The van der Waals surface area contributed by atoms with Crippen molar-refractivity contribution in [1.29, 1.82) is 0 Å². The summed E-state index contributed by atoms with van der Waals surface area (Å²) in [5.74, 6) is 1.89. The number of benzene rings is 2. The van der Waals surface area contributed by atoms with E-state index in [0.717, 1.165) is 69.6 Å². The number of rotatable bonds is 34. The van der Waals surface area contributed by atoms with E-state index < -0.39 is 5.91 Å². The summed E-state index contributed by atoms with van der Waals surface area (Å²) in [6.45, 7) is 11.3. The van der Waals surface area contributed by atoms with Crippen LogP contribution >= 0.6 is 23.1 Å². The molecule has 0 bridgehead atoms. The number of hydrogen-bond acceptors (Lipinski definition) is 17. The van der Waals surface area contributed by atoms with Crippen LogP contribution in [-0.2, 0) is 38.1 Å². The third-order valence-corrected chi connectivity index (χ3v) is 17.1. The Labute approximate surface area is 492 Å². The molecule has 4 aromatic rings. The number of amides is 7. The van der Waals surface area contributed by atoms with Crippen LogP contribution in [-0.4, -0.2) is 184 Å². The van der Waals surface area contributed by atoms with E-state index in [-0.39, 0.29) is 66.9 Å². The summed E-state index contributed by atoms with van der Waals surface area (Å²) in [5.41, 5.74) is 3.43. The first-order valence-corrected chi connectivity index (χ1v) is 30.7. The topological polar surface area (TPSA) is 273 Å². The number of thioether (sulfide) groups is 1. The van der Waals surface area contributed by atoms with E-state index >= 15 is 0 Å². The van der Waals surface area contributed by atoms with Crippen LogP contribution in [0.25, 0.3) is 27.2 Å². The smallest absolute Gasteiger partial charge is 0.315 e. The van der Waals surface area contributed by atoms with Gasteiger partial charge >= 0.3 is 6.03 Å². The summed E-state index contributed by atoms with van der Waals surface area (Å²) in [6.07, 6.45) is 9.76. The van der Waals surface area contributed by atoms with Crippen molar-refractivity contribution >= 4 is 86.0 Å². The second kappa shape index (κ2) is 32.9. The number of thiophene rings is 1. The molecular formula is C59H78N10O12S2. The van der Waals surface area contributed by atoms with Gasteiger partial charge in [0, 0.05) is 105 Å². The maximum Gasteiger partial charge on any atom is 0.315 e. The van der Waals surface area contributed by atoms with Gasteiger partial charge < -0.3 is 70.5 Å². The van der Waals surface area contributed by atoms with Crippen molar-refractivity contribution in [2.45, 2.75) is 88.0 Å². The number of ether oxygens (including phenoxy) is 5. The Balaban J connectivity index is 0.645. The van der Waals surface area contributed by atoms with Gasteiger partial charge in [-0.3, -0.25) is 24.0 Å². The fourth-order valence-electron chi connectivity index (χ4n) is 9.94. The van der Waals surface area contributed by atoms with Gasteiger partial charge in [0.05, 0.1) is 74.2 Å². The Bertz CT molecular complexity index is 2880. The normalized spacial score (nSPS) is 17.5. The van der Waals surface area contributed by atoms with Crippen molar-refractivity contribution in [1.82, 2.24) is 41.5 Å². The van der Waals surface area contributed by atoms with Crippen LogP contribution in [0.15, 0.2) is 67.3 Å². The van der Waals surface area contributed by atoms with E-state index in [1.807, 2.05) is 17.8 Å². The first kappa shape index (κ1) is 62.2. The van der Waals surface area contributed by atoms with Gasteiger partial charge in [-0.2, -0.15) is 11.8 Å². The second-order valence-electron chi connectivity index (χ2n) is 20.5. The molecule has 24 heteroatoms. The molecule has 3 saturated heterocycles. The lowest BCUT2D eigenvalue weighted by atomic mass is 10.0. The fourth-order valence-corrected chi connectivity index (χ4v) is 12.7. The largest absolute Gasteiger partial charge is 0.508 e. The average Bonchev–Trinajstić information content (AvgIpc) is 4.05. The number of aromatic hydroxyl groups is 1. The lowest BCUT2D eigenvalue weighted by Gasteiger charge is -2.28. The minimum absolute atomic E-state index is 0.0529. The van der Waals surface area contributed by atoms with Gasteiger partial charge in [0.1, 0.15) is 11.5 Å². The number of nitrogens with one attached hydrogen (secondary N) is 6. The van der Waals surface area contributed by atoms with Gasteiger partial charge in [-0.1, -0.05) is 31.2 Å². The number of urea groups is 1. The van der Waals surface area contributed by atoms with E-state index in [1.54, 1.807) is 52.6 Å². The van der Waals surface area contributed by atoms with Gasteiger partial charge in [0.15, 0.2) is 11.6 Å². The first-order valence-electron chi connectivity index (χ1n) is 28.9. The molecule has 8 rings (SSSR count). The highest BCUT2D eigenvalue weighted by molar-refractivity contribution is 8.00. The molecule has 0 saturated carbocycles. The van der Waals surface area contributed by atoms with Crippen LogP contribution in [0.5, 0.6) is 11.5 Å². The van der Waals surface area contributed by atoms with Crippen LogP contribution in [0, 0.1) is 0 Å². The number of fused-ring (bicyclic) bond motifs is 2. The standard InChI is InChI=1S/C59H78N10O12S2/c1-2-50(71)63-44-17-16-42(58(75)69-23-18-40(19-24-69)49-38-45-55(83-49)57(68-25-30-79-31-26-68)67-56(64-45)41-10-5-11-43(70)36-41)37-47(44)81-29-9-22-62-53(74)15-6-14-52(73)61-21-8-28-78-33-35-80-34-32-77-27-7-20-60-51(72)13-4-3-12-48-54-46(39-82-48)65-59(76)66-54/h2,5,10-11,16-18,36-38,46,48,54,70H,1,3-4,6-9,12-15,19-35,39H2,(H,60,72)(H,61,73)(H,62,74)(H,63,71)(H2,65,66,76). The van der Waals surface area contributed by atoms with E-state index in [0.29, 0.717) is 159 Å². The van der Waals surface area contributed by atoms with Gasteiger partial charge in [-0.15, -0.1) is 11.3 Å². The lowest BCUT2D eigenvalue weighted by Crippen LogP contribution is -2.36.